The van der Waals surface area contributed by atoms with Crippen LogP contribution in [0, 0.1) is 5.92 Å². The van der Waals surface area contributed by atoms with Crippen molar-refractivity contribution < 1.29 is 4.74 Å². The second-order valence-electron chi connectivity index (χ2n) is 7.01. The molecule has 0 radical (unpaired) electrons. The number of ether oxygens (including phenoxy) is 1. The molecule has 2 heterocycles. The zero-order valence-electron chi connectivity index (χ0n) is 15.1. The van der Waals surface area contributed by atoms with Gasteiger partial charge in [0.1, 0.15) is 0 Å². The van der Waals surface area contributed by atoms with E-state index in [9.17, 15) is 0 Å². The molecule has 24 heavy (non-hydrogen) atoms. The molecule has 1 saturated carbocycles. The van der Waals surface area contributed by atoms with Crippen molar-refractivity contribution in [1.29, 1.82) is 0 Å². The van der Waals surface area contributed by atoms with Gasteiger partial charge in [0.15, 0.2) is 5.96 Å². The molecule has 134 valence electrons. The number of guanidine groups is 1. The summed E-state index contributed by atoms with van der Waals surface area (Å²) in [6.07, 6.45) is 8.46. The van der Waals surface area contributed by atoms with Crippen molar-refractivity contribution >= 4 is 5.96 Å². The van der Waals surface area contributed by atoms with Gasteiger partial charge >= 0.3 is 0 Å². The maximum atomic E-state index is 5.48. The van der Waals surface area contributed by atoms with E-state index in [1.165, 1.54) is 25.7 Å². The molecule has 0 amide bonds. The van der Waals surface area contributed by atoms with E-state index in [2.05, 4.69) is 41.1 Å². The van der Waals surface area contributed by atoms with E-state index in [1.54, 1.807) is 0 Å². The Morgan fingerprint density at radius 3 is 2.96 bits per heavy atom. The zero-order chi connectivity index (χ0) is 16.8. The molecule has 2 fully saturated rings. The number of nitrogens with one attached hydrogen (secondary N) is 1. The molecular formula is C18H31N5O. The van der Waals surface area contributed by atoms with Gasteiger partial charge in [0.25, 0.3) is 0 Å². The van der Waals surface area contributed by atoms with Gasteiger partial charge in [0, 0.05) is 38.9 Å². The van der Waals surface area contributed by atoms with Gasteiger partial charge in [-0.05, 0) is 32.3 Å². The monoisotopic (exact) mass is 333 g/mol. The summed E-state index contributed by atoms with van der Waals surface area (Å²) >= 11 is 0. The van der Waals surface area contributed by atoms with Gasteiger partial charge in [-0.3, -0.25) is 4.68 Å². The molecule has 6 heteroatoms. The van der Waals surface area contributed by atoms with Crippen molar-refractivity contribution in [3.05, 3.63) is 18.0 Å². The minimum atomic E-state index is 0.598. The Balaban J connectivity index is 1.58. The first-order valence-electron chi connectivity index (χ1n) is 9.37. The molecule has 0 aromatic carbocycles. The summed E-state index contributed by atoms with van der Waals surface area (Å²) in [5, 5.41) is 8.12. The quantitative estimate of drug-likeness (QED) is 0.642. The van der Waals surface area contributed by atoms with Crippen LogP contribution in [0.5, 0.6) is 0 Å². The van der Waals surface area contributed by atoms with Gasteiger partial charge in [-0.15, -0.1) is 0 Å². The van der Waals surface area contributed by atoms with Crippen LogP contribution in [0.3, 0.4) is 0 Å². The second-order valence-corrected chi connectivity index (χ2v) is 7.01. The minimum Gasteiger partial charge on any atom is -0.381 e. The van der Waals surface area contributed by atoms with E-state index >= 15 is 0 Å². The molecule has 1 atom stereocenters. The van der Waals surface area contributed by atoms with Crippen LogP contribution in [0.1, 0.15) is 50.8 Å². The molecule has 3 rings (SSSR count). The molecule has 2 aliphatic rings. The van der Waals surface area contributed by atoms with Crippen molar-refractivity contribution in [3.63, 3.8) is 0 Å². The Labute approximate surface area is 145 Å². The summed E-state index contributed by atoms with van der Waals surface area (Å²) in [6, 6.07) is 2.71. The van der Waals surface area contributed by atoms with Crippen LogP contribution in [0.4, 0.5) is 0 Å². The van der Waals surface area contributed by atoms with E-state index in [0.29, 0.717) is 18.5 Å². The van der Waals surface area contributed by atoms with Crippen molar-refractivity contribution in [2.24, 2.45) is 10.9 Å². The van der Waals surface area contributed by atoms with Crippen LogP contribution < -0.4 is 5.32 Å². The molecular weight excluding hydrogens is 302 g/mol. The zero-order valence-corrected chi connectivity index (χ0v) is 15.1. The standard InChI is InChI=1S/C18H31N5O/c1-3-19-18(22(2)13-15-9-11-24-14-15)20-12-16-8-10-23(21-16)17-6-4-5-7-17/h8,10,15,17H,3-7,9,11-14H2,1-2H3,(H,19,20). The first kappa shape index (κ1) is 17.3. The molecule has 1 aliphatic heterocycles. The molecule has 1 aliphatic carbocycles. The van der Waals surface area contributed by atoms with Gasteiger partial charge in [-0.2, -0.15) is 5.10 Å². The summed E-state index contributed by atoms with van der Waals surface area (Å²) in [6.45, 7) is 6.37. The minimum absolute atomic E-state index is 0.598. The third-order valence-electron chi connectivity index (χ3n) is 5.01. The smallest absolute Gasteiger partial charge is 0.194 e. The Hall–Kier alpha value is -1.56. The van der Waals surface area contributed by atoms with E-state index in [1.807, 2.05) is 0 Å². The number of nitrogens with zero attached hydrogens (tertiary/aromatic N) is 4. The molecule has 1 N–H and O–H groups in total. The molecule has 0 spiro atoms. The third kappa shape index (κ3) is 4.50. The lowest BCUT2D eigenvalue weighted by Crippen LogP contribution is -2.41. The first-order chi connectivity index (χ1) is 11.8. The lowest BCUT2D eigenvalue weighted by molar-refractivity contribution is 0.181. The van der Waals surface area contributed by atoms with Crippen LogP contribution in [0.15, 0.2) is 17.3 Å². The molecule has 6 nitrogen and oxygen atoms in total. The van der Waals surface area contributed by atoms with E-state index in [0.717, 1.165) is 44.4 Å². The third-order valence-corrected chi connectivity index (χ3v) is 5.01. The van der Waals surface area contributed by atoms with E-state index in [4.69, 9.17) is 14.8 Å². The number of aromatic nitrogens is 2. The average molecular weight is 333 g/mol. The fraction of sp³-hybridized carbons (Fsp3) is 0.778. The van der Waals surface area contributed by atoms with Crippen molar-refractivity contribution in [2.75, 3.05) is 33.4 Å². The van der Waals surface area contributed by atoms with Crippen LogP contribution in [0.2, 0.25) is 0 Å². The van der Waals surface area contributed by atoms with Crippen LogP contribution >= 0.6 is 0 Å². The van der Waals surface area contributed by atoms with Crippen LogP contribution in [0.25, 0.3) is 0 Å². The Morgan fingerprint density at radius 1 is 1.42 bits per heavy atom. The normalized spacial score (nSPS) is 22.2. The fourth-order valence-corrected chi connectivity index (χ4v) is 3.66. The van der Waals surface area contributed by atoms with Crippen LogP contribution in [-0.4, -0.2) is 54.0 Å². The Morgan fingerprint density at radius 2 is 2.25 bits per heavy atom. The van der Waals surface area contributed by atoms with Crippen LogP contribution in [-0.2, 0) is 11.3 Å². The number of hydrogen-bond donors (Lipinski definition) is 1. The molecule has 1 unspecified atom stereocenters. The highest BCUT2D eigenvalue weighted by molar-refractivity contribution is 5.79. The maximum Gasteiger partial charge on any atom is 0.194 e. The van der Waals surface area contributed by atoms with Crippen molar-refractivity contribution in [3.8, 4) is 0 Å². The number of aliphatic imine (C=N–C) groups is 1. The number of rotatable bonds is 6. The predicted octanol–water partition coefficient (Wildman–Crippen LogP) is 2.43. The fourth-order valence-electron chi connectivity index (χ4n) is 3.66. The van der Waals surface area contributed by atoms with Gasteiger partial charge in [-0.1, -0.05) is 12.8 Å². The van der Waals surface area contributed by atoms with E-state index in [-0.39, 0.29) is 0 Å². The largest absolute Gasteiger partial charge is 0.381 e. The number of hydrogen-bond acceptors (Lipinski definition) is 3. The van der Waals surface area contributed by atoms with Crippen molar-refractivity contribution in [1.82, 2.24) is 20.0 Å². The lowest BCUT2D eigenvalue weighted by Gasteiger charge is -2.24. The molecule has 1 aromatic heterocycles. The summed E-state index contributed by atoms with van der Waals surface area (Å²) in [5.41, 5.74) is 1.05. The Kier molecular flexibility index (Phi) is 6.12. The SMILES string of the molecule is CCNC(=NCc1ccn(C2CCCC2)n1)N(C)CC1CCOC1. The highest BCUT2D eigenvalue weighted by Crippen LogP contribution is 2.28. The van der Waals surface area contributed by atoms with Gasteiger partial charge in [0.05, 0.1) is 24.9 Å². The van der Waals surface area contributed by atoms with Gasteiger partial charge in [0.2, 0.25) is 0 Å². The maximum absolute atomic E-state index is 5.48. The van der Waals surface area contributed by atoms with E-state index < -0.39 is 0 Å². The topological polar surface area (TPSA) is 54.7 Å². The second kappa shape index (κ2) is 8.51. The van der Waals surface area contributed by atoms with Gasteiger partial charge in [-0.25, -0.2) is 4.99 Å². The molecule has 0 bridgehead atoms. The Bertz CT molecular complexity index is 529. The summed E-state index contributed by atoms with van der Waals surface area (Å²) in [5.74, 6) is 1.57. The predicted molar refractivity (Wildman–Crippen MR) is 96.1 cm³/mol. The molecule has 1 aromatic rings. The van der Waals surface area contributed by atoms with Gasteiger partial charge < -0.3 is 15.0 Å². The molecule has 1 saturated heterocycles. The summed E-state index contributed by atoms with van der Waals surface area (Å²) in [4.78, 5) is 7.00. The first-order valence-corrected chi connectivity index (χ1v) is 9.37. The van der Waals surface area contributed by atoms with Crippen molar-refractivity contribution in [2.45, 2.75) is 51.6 Å². The summed E-state index contributed by atoms with van der Waals surface area (Å²) < 4.78 is 7.62. The lowest BCUT2D eigenvalue weighted by atomic mass is 10.1. The average Bonchev–Trinajstić information content (AvgIpc) is 3.32. The summed E-state index contributed by atoms with van der Waals surface area (Å²) in [7, 11) is 2.11. The highest BCUT2D eigenvalue weighted by atomic mass is 16.5. The highest BCUT2D eigenvalue weighted by Gasteiger charge is 2.19.